The molecule has 1 aliphatic heterocycles. The van der Waals surface area contributed by atoms with E-state index < -0.39 is 0 Å². The van der Waals surface area contributed by atoms with Gasteiger partial charge in [0.15, 0.2) is 11.6 Å². The van der Waals surface area contributed by atoms with Gasteiger partial charge in [0.1, 0.15) is 0 Å². The normalized spacial score (nSPS) is 24.3. The quantitative estimate of drug-likeness (QED) is 0.898. The third-order valence-corrected chi connectivity index (χ3v) is 2.86. The Morgan fingerprint density at radius 1 is 1.39 bits per heavy atom. The van der Waals surface area contributed by atoms with Crippen LogP contribution in [0.2, 0.25) is 0 Å². The molecule has 3 nitrogen and oxygen atoms in total. The van der Waals surface area contributed by atoms with E-state index >= 15 is 0 Å². The molecule has 18 heavy (non-hydrogen) atoms. The minimum absolute atomic E-state index is 0.0264. The number of halogens is 1. The second kappa shape index (κ2) is 5.67. The summed E-state index contributed by atoms with van der Waals surface area (Å²) in [6.07, 6.45) is -0.0264. The van der Waals surface area contributed by atoms with Crippen molar-refractivity contribution in [2.45, 2.75) is 39.0 Å². The van der Waals surface area contributed by atoms with Gasteiger partial charge in [-0.3, -0.25) is 0 Å². The van der Waals surface area contributed by atoms with Crippen LogP contribution in [-0.4, -0.2) is 25.4 Å². The molecule has 0 aliphatic carbocycles. The van der Waals surface area contributed by atoms with Gasteiger partial charge in [0.25, 0.3) is 0 Å². The van der Waals surface area contributed by atoms with Gasteiger partial charge >= 0.3 is 0 Å². The maximum atomic E-state index is 13.9. The Bertz CT molecular complexity index is 409. The van der Waals surface area contributed by atoms with Crippen molar-refractivity contribution < 1.29 is 13.9 Å². The number of morpholine rings is 1. The molecule has 1 aliphatic rings. The van der Waals surface area contributed by atoms with E-state index in [0.717, 1.165) is 5.56 Å². The second-order valence-electron chi connectivity index (χ2n) is 5.01. The third kappa shape index (κ3) is 3.21. The fourth-order valence-corrected chi connectivity index (χ4v) is 2.08. The van der Waals surface area contributed by atoms with Crippen molar-refractivity contribution in [3.05, 3.63) is 29.6 Å². The maximum absolute atomic E-state index is 13.9. The first-order valence-electron chi connectivity index (χ1n) is 6.36. The number of benzene rings is 1. The Morgan fingerprint density at radius 3 is 2.78 bits per heavy atom. The van der Waals surface area contributed by atoms with Crippen molar-refractivity contribution >= 4 is 0 Å². The van der Waals surface area contributed by atoms with Crippen LogP contribution in [0.5, 0.6) is 5.75 Å². The minimum atomic E-state index is -0.318. The van der Waals surface area contributed by atoms with Gasteiger partial charge in [0.2, 0.25) is 0 Å². The smallest absolute Gasteiger partial charge is 0.165 e. The van der Waals surface area contributed by atoms with Gasteiger partial charge < -0.3 is 14.8 Å². The molecule has 2 unspecified atom stereocenters. The molecule has 1 aromatic carbocycles. The zero-order valence-electron chi connectivity index (χ0n) is 11.1. The molecule has 2 atom stereocenters. The molecule has 1 N–H and O–H groups in total. The summed E-state index contributed by atoms with van der Waals surface area (Å²) >= 11 is 0. The zero-order valence-corrected chi connectivity index (χ0v) is 11.1. The van der Waals surface area contributed by atoms with Crippen molar-refractivity contribution in [3.63, 3.8) is 0 Å². The largest absolute Gasteiger partial charge is 0.488 e. The summed E-state index contributed by atoms with van der Waals surface area (Å²) in [7, 11) is 0. The second-order valence-corrected chi connectivity index (χ2v) is 5.01. The molecule has 1 heterocycles. The average Bonchev–Trinajstić information content (AvgIpc) is 2.31. The third-order valence-electron chi connectivity index (χ3n) is 2.86. The lowest BCUT2D eigenvalue weighted by Crippen LogP contribution is -2.41. The van der Waals surface area contributed by atoms with Crippen molar-refractivity contribution in [3.8, 4) is 5.75 Å². The number of nitrogens with one attached hydrogen (secondary N) is 1. The van der Waals surface area contributed by atoms with Crippen molar-refractivity contribution in [2.24, 2.45) is 0 Å². The van der Waals surface area contributed by atoms with Crippen LogP contribution in [-0.2, 0) is 4.74 Å². The van der Waals surface area contributed by atoms with Crippen LogP contribution < -0.4 is 10.1 Å². The number of ether oxygens (including phenoxy) is 2. The van der Waals surface area contributed by atoms with Crippen LogP contribution in [0, 0.1) is 5.82 Å². The first-order valence-corrected chi connectivity index (χ1v) is 6.36. The van der Waals surface area contributed by atoms with E-state index in [1.165, 1.54) is 6.07 Å². The lowest BCUT2D eigenvalue weighted by atomic mass is 10.0. The molecule has 2 rings (SSSR count). The molecule has 1 saturated heterocycles. The summed E-state index contributed by atoms with van der Waals surface area (Å²) in [5.41, 5.74) is 0.898. The zero-order chi connectivity index (χ0) is 13.1. The van der Waals surface area contributed by atoms with E-state index in [2.05, 4.69) is 12.2 Å². The van der Waals surface area contributed by atoms with E-state index in [9.17, 15) is 4.39 Å². The van der Waals surface area contributed by atoms with E-state index in [-0.39, 0.29) is 18.0 Å². The molecule has 0 amide bonds. The number of rotatable bonds is 3. The highest BCUT2D eigenvalue weighted by atomic mass is 19.1. The van der Waals surface area contributed by atoms with Crippen LogP contribution in [0.15, 0.2) is 18.2 Å². The van der Waals surface area contributed by atoms with Crippen LogP contribution >= 0.6 is 0 Å². The van der Waals surface area contributed by atoms with E-state index in [1.54, 1.807) is 6.07 Å². The first kappa shape index (κ1) is 13.3. The van der Waals surface area contributed by atoms with Gasteiger partial charge in [-0.2, -0.15) is 0 Å². The van der Waals surface area contributed by atoms with Gasteiger partial charge in [-0.1, -0.05) is 6.07 Å². The Labute approximate surface area is 107 Å². The summed E-state index contributed by atoms with van der Waals surface area (Å²) in [5.74, 6) is -0.0141. The molecular weight excluding hydrogens is 233 g/mol. The monoisotopic (exact) mass is 253 g/mol. The lowest BCUT2D eigenvalue weighted by Gasteiger charge is -2.29. The summed E-state index contributed by atoms with van der Waals surface area (Å²) < 4.78 is 24.7. The van der Waals surface area contributed by atoms with Crippen molar-refractivity contribution in [2.75, 3.05) is 13.2 Å². The summed E-state index contributed by atoms with van der Waals surface area (Å²) in [4.78, 5) is 0. The Hall–Kier alpha value is -1.13. The van der Waals surface area contributed by atoms with Crippen LogP contribution in [0.1, 0.15) is 32.4 Å². The lowest BCUT2D eigenvalue weighted by molar-refractivity contribution is 0.0503. The fourth-order valence-electron chi connectivity index (χ4n) is 2.08. The van der Waals surface area contributed by atoms with E-state index in [1.807, 2.05) is 19.9 Å². The predicted octanol–water partition coefficient (Wildman–Crippen LogP) is 2.66. The Kier molecular flexibility index (Phi) is 4.19. The van der Waals surface area contributed by atoms with Gasteiger partial charge in [0, 0.05) is 6.04 Å². The summed E-state index contributed by atoms with van der Waals surface area (Å²) in [6.45, 7) is 7.09. The Morgan fingerprint density at radius 2 is 2.17 bits per heavy atom. The van der Waals surface area contributed by atoms with Gasteiger partial charge in [-0.05, 0) is 38.5 Å². The topological polar surface area (TPSA) is 30.5 Å². The fraction of sp³-hybridized carbons (Fsp3) is 0.571. The summed E-state index contributed by atoms with van der Waals surface area (Å²) in [5, 5.41) is 3.39. The highest BCUT2D eigenvalue weighted by Crippen LogP contribution is 2.24. The maximum Gasteiger partial charge on any atom is 0.165 e. The molecule has 0 radical (unpaired) electrons. The average molecular weight is 253 g/mol. The molecular formula is C14H20FNO2. The van der Waals surface area contributed by atoms with Gasteiger partial charge in [-0.15, -0.1) is 0 Å². The number of hydrogen-bond acceptors (Lipinski definition) is 3. The molecule has 4 heteroatoms. The van der Waals surface area contributed by atoms with E-state index in [4.69, 9.17) is 9.47 Å². The van der Waals surface area contributed by atoms with Crippen LogP contribution in [0.3, 0.4) is 0 Å². The Balaban J connectivity index is 2.12. The standard InChI is InChI=1S/C14H20FNO2/c1-9(2)18-14-5-4-11(6-12(14)15)13-8-17-7-10(3)16-13/h4-6,9-10,13,16H,7-8H2,1-3H3. The first-order chi connectivity index (χ1) is 8.56. The highest BCUT2D eigenvalue weighted by molar-refractivity contribution is 5.31. The minimum Gasteiger partial charge on any atom is -0.488 e. The molecule has 100 valence electrons. The molecule has 1 aromatic rings. The molecule has 0 bridgehead atoms. The van der Waals surface area contributed by atoms with Crippen molar-refractivity contribution in [1.82, 2.24) is 5.32 Å². The SMILES string of the molecule is CC1COCC(c2ccc(OC(C)C)c(F)c2)N1. The highest BCUT2D eigenvalue weighted by Gasteiger charge is 2.21. The van der Waals surface area contributed by atoms with Crippen LogP contribution in [0.4, 0.5) is 4.39 Å². The van der Waals surface area contributed by atoms with Gasteiger partial charge in [0.05, 0.1) is 25.4 Å². The van der Waals surface area contributed by atoms with E-state index in [0.29, 0.717) is 25.0 Å². The molecule has 0 saturated carbocycles. The molecule has 0 aromatic heterocycles. The summed E-state index contributed by atoms with van der Waals surface area (Å²) in [6, 6.07) is 5.44. The predicted molar refractivity (Wildman–Crippen MR) is 68.3 cm³/mol. The number of hydrogen-bond donors (Lipinski definition) is 1. The van der Waals surface area contributed by atoms with Crippen molar-refractivity contribution in [1.29, 1.82) is 0 Å². The van der Waals surface area contributed by atoms with Crippen LogP contribution in [0.25, 0.3) is 0 Å². The molecule has 0 spiro atoms. The molecule has 1 fully saturated rings. The van der Waals surface area contributed by atoms with Gasteiger partial charge in [-0.25, -0.2) is 4.39 Å².